The van der Waals surface area contributed by atoms with Crippen molar-refractivity contribution in [1.82, 2.24) is 0 Å². The molecule has 0 saturated carbocycles. The molecule has 0 saturated heterocycles. The second kappa shape index (κ2) is 6.72. The minimum Gasteiger partial charge on any atom is -0.369 e. The number of rotatable bonds is 5. The number of benzene rings is 2. The van der Waals surface area contributed by atoms with E-state index in [2.05, 4.69) is 15.9 Å². The molecule has 0 aliphatic heterocycles. The Bertz CT molecular complexity index is 629. The highest BCUT2D eigenvalue weighted by Gasteiger charge is 2.13. The largest absolute Gasteiger partial charge is 0.369 e. The van der Waals surface area contributed by atoms with Gasteiger partial charge in [0.2, 0.25) is 0 Å². The molecule has 0 fully saturated rings. The Balaban J connectivity index is 1.94. The molecular formula is C15H11BrF2O2. The number of carbonyl (C=O) groups excluding carboxylic acids is 1. The summed E-state index contributed by atoms with van der Waals surface area (Å²) in [7, 11) is 0. The van der Waals surface area contributed by atoms with Crippen molar-refractivity contribution < 1.29 is 18.3 Å². The lowest BCUT2D eigenvalue weighted by Gasteiger charge is -2.05. The van der Waals surface area contributed by atoms with Crippen LogP contribution in [0.4, 0.5) is 8.78 Å². The van der Waals surface area contributed by atoms with Crippen molar-refractivity contribution >= 4 is 21.7 Å². The summed E-state index contributed by atoms with van der Waals surface area (Å²) < 4.78 is 32.5. The Morgan fingerprint density at radius 2 is 1.95 bits per heavy atom. The molecule has 0 bridgehead atoms. The summed E-state index contributed by atoms with van der Waals surface area (Å²) in [5, 5.41) is 0. The number of halogens is 3. The van der Waals surface area contributed by atoms with Crippen molar-refractivity contribution in [2.45, 2.75) is 6.61 Å². The minimum absolute atomic E-state index is 0.224. The maximum Gasteiger partial charge on any atom is 0.191 e. The minimum atomic E-state index is -0.748. The van der Waals surface area contributed by atoms with Crippen LogP contribution in [0.1, 0.15) is 15.9 Å². The molecule has 0 aliphatic carbocycles. The first-order chi connectivity index (χ1) is 9.56. The predicted molar refractivity (Wildman–Crippen MR) is 74.5 cm³/mol. The van der Waals surface area contributed by atoms with Gasteiger partial charge in [0.05, 0.1) is 12.2 Å². The van der Waals surface area contributed by atoms with Crippen molar-refractivity contribution in [3.8, 4) is 0 Å². The highest BCUT2D eigenvalue weighted by Crippen LogP contribution is 2.13. The second-order valence-corrected chi connectivity index (χ2v) is 5.09. The topological polar surface area (TPSA) is 26.3 Å². The molecule has 2 rings (SSSR count). The lowest BCUT2D eigenvalue weighted by atomic mass is 10.1. The first kappa shape index (κ1) is 14.8. The molecule has 0 aromatic heterocycles. The highest BCUT2D eigenvalue weighted by atomic mass is 79.9. The Morgan fingerprint density at radius 1 is 1.15 bits per heavy atom. The molecule has 2 aromatic rings. The van der Waals surface area contributed by atoms with E-state index in [4.69, 9.17) is 4.74 Å². The Hall–Kier alpha value is -1.59. The third-order valence-electron chi connectivity index (χ3n) is 2.62. The van der Waals surface area contributed by atoms with Crippen LogP contribution in [0.5, 0.6) is 0 Å². The summed E-state index contributed by atoms with van der Waals surface area (Å²) in [4.78, 5) is 11.7. The summed E-state index contributed by atoms with van der Waals surface area (Å²) in [6, 6.07) is 10.2. The zero-order valence-corrected chi connectivity index (χ0v) is 12.0. The molecule has 0 radical (unpaired) electrons. The third-order valence-corrected chi connectivity index (χ3v) is 3.11. The van der Waals surface area contributed by atoms with Crippen molar-refractivity contribution in [3.63, 3.8) is 0 Å². The number of hydrogen-bond donors (Lipinski definition) is 0. The van der Waals surface area contributed by atoms with E-state index < -0.39 is 17.4 Å². The van der Waals surface area contributed by atoms with E-state index in [9.17, 15) is 13.6 Å². The van der Waals surface area contributed by atoms with Crippen molar-refractivity contribution in [2.75, 3.05) is 6.61 Å². The molecule has 0 atom stereocenters. The maximum atomic E-state index is 13.4. The van der Waals surface area contributed by atoms with Crippen molar-refractivity contribution in [3.05, 3.63) is 69.7 Å². The second-order valence-electron chi connectivity index (χ2n) is 4.17. The highest BCUT2D eigenvalue weighted by molar-refractivity contribution is 9.10. The first-order valence-corrected chi connectivity index (χ1v) is 6.66. The average molecular weight is 341 g/mol. The monoisotopic (exact) mass is 340 g/mol. The number of hydrogen-bond acceptors (Lipinski definition) is 2. The van der Waals surface area contributed by atoms with Gasteiger partial charge in [0, 0.05) is 4.47 Å². The van der Waals surface area contributed by atoms with Gasteiger partial charge in [-0.25, -0.2) is 8.78 Å². The Labute approximate surface area is 123 Å². The number of ketones is 1. The van der Waals surface area contributed by atoms with Crippen LogP contribution in [0, 0.1) is 11.6 Å². The fourth-order valence-corrected chi connectivity index (χ4v) is 2.12. The lowest BCUT2D eigenvalue weighted by Crippen LogP contribution is -2.11. The van der Waals surface area contributed by atoms with E-state index >= 15 is 0 Å². The summed E-state index contributed by atoms with van der Waals surface area (Å²) in [5.41, 5.74) is 0.589. The molecule has 0 N–H and O–H groups in total. The van der Waals surface area contributed by atoms with Crippen LogP contribution in [-0.4, -0.2) is 12.4 Å². The Morgan fingerprint density at radius 3 is 2.70 bits per heavy atom. The summed E-state index contributed by atoms with van der Waals surface area (Å²) in [6.45, 7) is -0.0744. The average Bonchev–Trinajstić information content (AvgIpc) is 2.41. The number of Topliss-reactive ketones (excluding diaryl/α,β-unsaturated/α-hetero) is 1. The van der Waals surface area contributed by atoms with Crippen LogP contribution >= 0.6 is 15.9 Å². The van der Waals surface area contributed by atoms with Crippen molar-refractivity contribution in [1.29, 1.82) is 0 Å². The molecule has 5 heteroatoms. The van der Waals surface area contributed by atoms with Crippen LogP contribution in [0.15, 0.2) is 46.9 Å². The lowest BCUT2D eigenvalue weighted by molar-refractivity contribution is 0.0722. The van der Waals surface area contributed by atoms with E-state index in [1.165, 1.54) is 0 Å². The van der Waals surface area contributed by atoms with Gasteiger partial charge >= 0.3 is 0 Å². The zero-order chi connectivity index (χ0) is 14.5. The molecule has 0 unspecified atom stereocenters. The van der Waals surface area contributed by atoms with E-state index in [1.807, 2.05) is 24.3 Å². The molecule has 2 aromatic carbocycles. The van der Waals surface area contributed by atoms with Gasteiger partial charge in [-0.15, -0.1) is 0 Å². The maximum absolute atomic E-state index is 13.4. The van der Waals surface area contributed by atoms with Gasteiger partial charge in [0.1, 0.15) is 18.2 Å². The van der Waals surface area contributed by atoms with Gasteiger partial charge in [-0.1, -0.05) is 28.1 Å². The quantitative estimate of drug-likeness (QED) is 0.765. The van der Waals surface area contributed by atoms with Gasteiger partial charge in [0.15, 0.2) is 5.78 Å². The molecule has 0 heterocycles. The van der Waals surface area contributed by atoms with Crippen LogP contribution in [0.2, 0.25) is 0 Å². The molecule has 20 heavy (non-hydrogen) atoms. The third kappa shape index (κ3) is 3.95. The zero-order valence-electron chi connectivity index (χ0n) is 10.4. The molecule has 2 nitrogen and oxygen atoms in total. The number of ether oxygens (including phenoxy) is 1. The van der Waals surface area contributed by atoms with Crippen LogP contribution < -0.4 is 0 Å². The van der Waals surface area contributed by atoms with Gasteiger partial charge in [-0.3, -0.25) is 4.79 Å². The SMILES string of the molecule is O=C(COCc1cccc(Br)c1)c1cc(F)ccc1F. The van der Waals surface area contributed by atoms with Gasteiger partial charge < -0.3 is 4.74 Å². The van der Waals surface area contributed by atoms with E-state index in [0.717, 1.165) is 28.2 Å². The van der Waals surface area contributed by atoms with Crippen LogP contribution in [0.3, 0.4) is 0 Å². The first-order valence-electron chi connectivity index (χ1n) is 5.86. The summed E-state index contributed by atoms with van der Waals surface area (Å²) >= 11 is 3.32. The predicted octanol–water partition coefficient (Wildman–Crippen LogP) is 4.13. The number of carbonyl (C=O) groups is 1. The van der Waals surface area contributed by atoms with E-state index in [0.29, 0.717) is 0 Å². The van der Waals surface area contributed by atoms with E-state index in [1.54, 1.807) is 0 Å². The molecule has 0 amide bonds. The van der Waals surface area contributed by atoms with Crippen LogP contribution in [-0.2, 0) is 11.3 Å². The fraction of sp³-hybridized carbons (Fsp3) is 0.133. The standard InChI is InChI=1S/C15H11BrF2O2/c16-11-3-1-2-10(6-11)8-20-9-15(19)13-7-12(17)4-5-14(13)18/h1-7H,8-9H2. The van der Waals surface area contributed by atoms with Gasteiger partial charge in [-0.05, 0) is 35.9 Å². The molecule has 0 spiro atoms. The normalized spacial score (nSPS) is 10.6. The van der Waals surface area contributed by atoms with Crippen molar-refractivity contribution in [2.24, 2.45) is 0 Å². The molecule has 0 aliphatic rings. The van der Waals surface area contributed by atoms with E-state index in [-0.39, 0.29) is 18.8 Å². The molecular weight excluding hydrogens is 330 g/mol. The fourth-order valence-electron chi connectivity index (χ4n) is 1.68. The summed E-state index contributed by atoms with van der Waals surface area (Å²) in [5.74, 6) is -1.99. The van der Waals surface area contributed by atoms with Crippen LogP contribution in [0.25, 0.3) is 0 Å². The van der Waals surface area contributed by atoms with Gasteiger partial charge in [0.25, 0.3) is 0 Å². The summed E-state index contributed by atoms with van der Waals surface area (Å²) in [6.07, 6.45) is 0. The smallest absolute Gasteiger partial charge is 0.191 e. The Kier molecular flexibility index (Phi) is 4.98. The van der Waals surface area contributed by atoms with Gasteiger partial charge in [-0.2, -0.15) is 0 Å². The molecule has 104 valence electrons.